The fourth-order valence-corrected chi connectivity index (χ4v) is 5.83. The van der Waals surface area contributed by atoms with Crippen molar-refractivity contribution in [2.75, 3.05) is 6.61 Å². The number of aliphatic hydroxyl groups excluding tert-OH is 2. The van der Waals surface area contributed by atoms with Crippen LogP contribution >= 0.6 is 0 Å². The largest absolute Gasteiger partial charge is 0.396 e. The Balaban J connectivity index is 0. The summed E-state index contributed by atoms with van der Waals surface area (Å²) < 4.78 is 62.4. The first-order valence-electron chi connectivity index (χ1n) is 13.2. The third-order valence-corrected chi connectivity index (χ3v) is 8.69. The van der Waals surface area contributed by atoms with Gasteiger partial charge in [0.1, 0.15) is 5.25 Å². The molecule has 4 N–H and O–H groups in total. The molecule has 3 unspecified atom stereocenters. The molecule has 0 aliphatic carbocycles. The second kappa shape index (κ2) is 22.0. The zero-order valence-electron chi connectivity index (χ0n) is 21.7. The van der Waals surface area contributed by atoms with Crippen LogP contribution in [0.4, 0.5) is 0 Å². The molecule has 0 heterocycles. The van der Waals surface area contributed by atoms with Crippen molar-refractivity contribution in [3.05, 3.63) is 0 Å². The molecule has 208 valence electrons. The molecule has 0 radical (unpaired) electrons. The molecule has 0 bridgehead atoms. The van der Waals surface area contributed by atoms with E-state index in [0.717, 1.165) is 38.5 Å². The summed E-state index contributed by atoms with van der Waals surface area (Å²) in [5.41, 5.74) is 0. The predicted molar refractivity (Wildman–Crippen MR) is 139 cm³/mol. The van der Waals surface area contributed by atoms with Crippen molar-refractivity contribution in [2.24, 2.45) is 0 Å². The average Bonchev–Trinajstić information content (AvgIpc) is 2.75. The third kappa shape index (κ3) is 21.1. The van der Waals surface area contributed by atoms with E-state index in [0.29, 0.717) is 32.1 Å². The summed E-state index contributed by atoms with van der Waals surface area (Å²) in [6.07, 6.45) is 14.0. The SMILES string of the molecule is CCCCCCCCC(C(O)CC)S(=O)(=O)O.CCCCCCCCC(CCCO)S(=O)(=O)O. The Morgan fingerprint density at radius 1 is 0.588 bits per heavy atom. The van der Waals surface area contributed by atoms with Gasteiger partial charge in [0.2, 0.25) is 0 Å². The van der Waals surface area contributed by atoms with E-state index in [1.807, 2.05) is 0 Å². The summed E-state index contributed by atoms with van der Waals surface area (Å²) in [6.45, 7) is 5.99. The number of hydrogen-bond acceptors (Lipinski definition) is 6. The zero-order valence-corrected chi connectivity index (χ0v) is 23.3. The van der Waals surface area contributed by atoms with Gasteiger partial charge in [0.15, 0.2) is 0 Å². The Bertz CT molecular complexity index is 650. The van der Waals surface area contributed by atoms with Gasteiger partial charge < -0.3 is 10.2 Å². The van der Waals surface area contributed by atoms with Crippen LogP contribution in [0.3, 0.4) is 0 Å². The molecule has 0 spiro atoms. The van der Waals surface area contributed by atoms with Gasteiger partial charge in [0, 0.05) is 6.61 Å². The molecule has 0 rings (SSSR count). The topological polar surface area (TPSA) is 149 Å². The Hall–Kier alpha value is -0.260. The molecule has 0 saturated carbocycles. The molecule has 0 aliphatic rings. The highest BCUT2D eigenvalue weighted by Gasteiger charge is 2.29. The second-order valence-corrected chi connectivity index (χ2v) is 12.5. The first-order valence-corrected chi connectivity index (χ1v) is 16.2. The van der Waals surface area contributed by atoms with Gasteiger partial charge in [-0.15, -0.1) is 0 Å². The van der Waals surface area contributed by atoms with Crippen LogP contribution in [0, 0.1) is 0 Å². The van der Waals surface area contributed by atoms with Crippen LogP contribution in [-0.2, 0) is 20.2 Å². The van der Waals surface area contributed by atoms with Gasteiger partial charge in [-0.3, -0.25) is 9.11 Å². The first-order chi connectivity index (χ1) is 15.9. The Morgan fingerprint density at radius 3 is 1.38 bits per heavy atom. The highest BCUT2D eigenvalue weighted by molar-refractivity contribution is 7.86. The molecule has 0 saturated heterocycles. The Kier molecular flexibility index (Phi) is 23.2. The Morgan fingerprint density at radius 2 is 1.00 bits per heavy atom. The summed E-state index contributed by atoms with van der Waals surface area (Å²) >= 11 is 0. The lowest BCUT2D eigenvalue weighted by atomic mass is 10.0. The quantitative estimate of drug-likeness (QED) is 0.111. The van der Waals surface area contributed by atoms with Gasteiger partial charge in [-0.25, -0.2) is 0 Å². The normalized spacial score (nSPS) is 14.8. The van der Waals surface area contributed by atoms with Gasteiger partial charge in [-0.1, -0.05) is 97.8 Å². The smallest absolute Gasteiger partial charge is 0.270 e. The standard InChI is InChI=1S/2C12H26O4S/c1-3-5-6-7-8-9-10-12(11(13)4-2)17(14,15)16;1-2-3-4-5-6-7-9-12(10-8-11-13)17(14,15)16/h11-13H,3-10H2,1-2H3,(H,14,15,16);12-13H,2-11H2,1H3,(H,14,15,16). The van der Waals surface area contributed by atoms with Gasteiger partial charge >= 0.3 is 0 Å². The van der Waals surface area contributed by atoms with Crippen molar-refractivity contribution in [2.45, 2.75) is 147 Å². The monoisotopic (exact) mass is 532 g/mol. The van der Waals surface area contributed by atoms with Crippen LogP contribution in [0.15, 0.2) is 0 Å². The van der Waals surface area contributed by atoms with Crippen LogP contribution in [0.25, 0.3) is 0 Å². The lowest BCUT2D eigenvalue weighted by Gasteiger charge is -2.18. The van der Waals surface area contributed by atoms with Gasteiger partial charge in [-0.05, 0) is 32.1 Å². The average molecular weight is 533 g/mol. The van der Waals surface area contributed by atoms with Crippen LogP contribution < -0.4 is 0 Å². The van der Waals surface area contributed by atoms with Crippen LogP contribution in [0.2, 0.25) is 0 Å². The molecule has 10 heteroatoms. The van der Waals surface area contributed by atoms with E-state index in [1.54, 1.807) is 6.92 Å². The highest BCUT2D eigenvalue weighted by atomic mass is 32.2. The van der Waals surface area contributed by atoms with E-state index >= 15 is 0 Å². The molecule has 0 aliphatic heterocycles. The summed E-state index contributed by atoms with van der Waals surface area (Å²) in [7, 11) is -8.07. The van der Waals surface area contributed by atoms with E-state index < -0.39 is 36.8 Å². The molecular weight excluding hydrogens is 480 g/mol. The maximum absolute atomic E-state index is 11.1. The van der Waals surface area contributed by atoms with Gasteiger partial charge in [0.05, 0.1) is 11.4 Å². The molecule has 0 aromatic rings. The molecular formula is C24H52O8S2. The first kappa shape index (κ1) is 35.9. The fourth-order valence-electron chi connectivity index (χ4n) is 3.84. The molecule has 0 fully saturated rings. The Labute approximate surface area is 209 Å². The third-order valence-electron chi connectivity index (χ3n) is 6.06. The van der Waals surface area contributed by atoms with Crippen LogP contribution in [0.5, 0.6) is 0 Å². The molecule has 0 aromatic carbocycles. The fraction of sp³-hybridized carbons (Fsp3) is 1.00. The molecule has 8 nitrogen and oxygen atoms in total. The molecule has 3 atom stereocenters. The summed E-state index contributed by atoms with van der Waals surface area (Å²) in [5, 5.41) is 16.5. The second-order valence-electron chi connectivity index (χ2n) is 9.14. The number of unbranched alkanes of at least 4 members (excludes halogenated alkanes) is 10. The van der Waals surface area contributed by atoms with Crippen molar-refractivity contribution >= 4 is 20.2 Å². The number of aliphatic hydroxyl groups is 2. The van der Waals surface area contributed by atoms with Crippen molar-refractivity contribution < 1.29 is 36.2 Å². The van der Waals surface area contributed by atoms with Gasteiger partial charge in [0.25, 0.3) is 20.2 Å². The molecule has 0 amide bonds. The maximum Gasteiger partial charge on any atom is 0.270 e. The minimum atomic E-state index is -4.12. The maximum atomic E-state index is 11.1. The van der Waals surface area contributed by atoms with E-state index in [2.05, 4.69) is 13.8 Å². The highest BCUT2D eigenvalue weighted by Crippen LogP contribution is 2.18. The van der Waals surface area contributed by atoms with Crippen molar-refractivity contribution in [3.8, 4) is 0 Å². The zero-order chi connectivity index (χ0) is 26.5. The molecule has 34 heavy (non-hydrogen) atoms. The predicted octanol–water partition coefficient (Wildman–Crippen LogP) is 5.53. The van der Waals surface area contributed by atoms with Crippen molar-refractivity contribution in [1.29, 1.82) is 0 Å². The minimum Gasteiger partial charge on any atom is -0.396 e. The number of rotatable bonds is 21. The summed E-state index contributed by atoms with van der Waals surface area (Å²) in [6, 6.07) is 0. The van der Waals surface area contributed by atoms with E-state index in [-0.39, 0.29) is 6.61 Å². The summed E-state index contributed by atoms with van der Waals surface area (Å²) in [5.74, 6) is 0. The van der Waals surface area contributed by atoms with Crippen molar-refractivity contribution in [3.63, 3.8) is 0 Å². The number of hydrogen-bond donors (Lipinski definition) is 4. The van der Waals surface area contributed by atoms with Crippen LogP contribution in [0.1, 0.15) is 130 Å². The minimum absolute atomic E-state index is 0.0253. The van der Waals surface area contributed by atoms with E-state index in [4.69, 9.17) is 14.2 Å². The van der Waals surface area contributed by atoms with Crippen LogP contribution in [-0.4, -0.2) is 59.4 Å². The van der Waals surface area contributed by atoms with Crippen molar-refractivity contribution in [1.82, 2.24) is 0 Å². The van der Waals surface area contributed by atoms with Gasteiger partial charge in [-0.2, -0.15) is 16.8 Å². The lowest BCUT2D eigenvalue weighted by Crippen LogP contribution is -2.33. The van der Waals surface area contributed by atoms with E-state index in [1.165, 1.54) is 38.5 Å². The summed E-state index contributed by atoms with van der Waals surface area (Å²) in [4.78, 5) is 0. The molecule has 0 aromatic heterocycles. The lowest BCUT2D eigenvalue weighted by molar-refractivity contribution is 0.155. The van der Waals surface area contributed by atoms with E-state index in [9.17, 15) is 21.9 Å².